The Hall–Kier alpha value is -2.76. The summed E-state index contributed by atoms with van der Waals surface area (Å²) < 4.78 is 38.8. The zero-order chi connectivity index (χ0) is 19.6. The third-order valence-electron chi connectivity index (χ3n) is 3.94. The fourth-order valence-electron chi connectivity index (χ4n) is 2.56. The largest absolute Gasteiger partial charge is 0.496 e. The average molecular weight is 393 g/mol. The Morgan fingerprint density at radius 3 is 2.78 bits per heavy atom. The molecule has 0 fully saturated rings. The van der Waals surface area contributed by atoms with Crippen molar-refractivity contribution in [3.8, 4) is 17.1 Å². The molecule has 0 unspecified atom stereocenters. The summed E-state index contributed by atoms with van der Waals surface area (Å²) in [7, 11) is 0.853. The van der Waals surface area contributed by atoms with E-state index in [1.165, 1.54) is 43.3 Å². The third-order valence-corrected chi connectivity index (χ3v) is 5.40. The van der Waals surface area contributed by atoms with Gasteiger partial charge in [-0.1, -0.05) is 0 Å². The maximum atomic E-state index is 12.4. The van der Waals surface area contributed by atoms with Gasteiger partial charge in [-0.25, -0.2) is 18.1 Å². The normalized spacial score (nSPS) is 11.8. The van der Waals surface area contributed by atoms with Gasteiger partial charge < -0.3 is 14.5 Å². The Morgan fingerprint density at radius 2 is 2.07 bits per heavy atom. The van der Waals surface area contributed by atoms with Crippen molar-refractivity contribution in [3.05, 3.63) is 34.7 Å². The maximum Gasteiger partial charge on any atom is 0.262 e. The molecule has 2 heterocycles. The van der Waals surface area contributed by atoms with Crippen LogP contribution in [-0.4, -0.2) is 55.5 Å². The fraction of sp³-hybridized carbons (Fsp3) is 0.312. The first kappa shape index (κ1) is 19.0. The molecule has 0 aliphatic carbocycles. The minimum Gasteiger partial charge on any atom is -0.496 e. The van der Waals surface area contributed by atoms with Crippen LogP contribution in [0.5, 0.6) is 5.75 Å². The molecule has 0 atom stereocenters. The molecule has 144 valence electrons. The van der Waals surface area contributed by atoms with Crippen molar-refractivity contribution >= 4 is 21.1 Å². The summed E-state index contributed by atoms with van der Waals surface area (Å²) in [6.07, 6.45) is 1.43. The number of aromatic amines is 1. The Kier molecular flexibility index (Phi) is 5.26. The molecule has 0 amide bonds. The third kappa shape index (κ3) is 3.70. The van der Waals surface area contributed by atoms with Crippen LogP contribution in [-0.2, 0) is 21.8 Å². The lowest BCUT2D eigenvalue weighted by molar-refractivity contribution is 0.204. The van der Waals surface area contributed by atoms with Gasteiger partial charge in [0.1, 0.15) is 17.0 Å². The molecule has 0 spiro atoms. The minimum absolute atomic E-state index is 0.0307. The van der Waals surface area contributed by atoms with E-state index in [2.05, 4.69) is 19.8 Å². The van der Waals surface area contributed by atoms with E-state index in [0.29, 0.717) is 16.6 Å². The number of H-pyrrole nitrogens is 1. The molecule has 11 heteroatoms. The van der Waals surface area contributed by atoms with Gasteiger partial charge in [0.15, 0.2) is 5.65 Å². The van der Waals surface area contributed by atoms with Crippen molar-refractivity contribution in [2.24, 2.45) is 7.05 Å². The Morgan fingerprint density at radius 1 is 1.30 bits per heavy atom. The molecule has 27 heavy (non-hydrogen) atoms. The molecule has 0 aliphatic heterocycles. The van der Waals surface area contributed by atoms with Crippen molar-refractivity contribution in [2.75, 3.05) is 27.4 Å². The SMILES string of the molecule is COCCNS(=O)(=O)c1ccc(-c2nc3c(cnn3C)c(=O)[nH]2)c(OC)c1. The minimum atomic E-state index is -3.72. The second-order valence-corrected chi connectivity index (χ2v) is 7.44. The van der Waals surface area contributed by atoms with Gasteiger partial charge in [-0.05, 0) is 12.1 Å². The van der Waals surface area contributed by atoms with Crippen LogP contribution < -0.4 is 15.0 Å². The number of aryl methyl sites for hydroxylation is 1. The predicted octanol–water partition coefficient (Wildman–Crippen LogP) is 0.257. The van der Waals surface area contributed by atoms with E-state index in [0.717, 1.165) is 0 Å². The molecule has 10 nitrogen and oxygen atoms in total. The lowest BCUT2D eigenvalue weighted by Crippen LogP contribution is -2.27. The number of rotatable bonds is 7. The number of methoxy groups -OCH3 is 2. The smallest absolute Gasteiger partial charge is 0.262 e. The summed E-state index contributed by atoms with van der Waals surface area (Å²) in [6.45, 7) is 0.402. The summed E-state index contributed by atoms with van der Waals surface area (Å²) in [5, 5.41) is 4.38. The zero-order valence-electron chi connectivity index (χ0n) is 15.0. The van der Waals surface area contributed by atoms with Crippen LogP contribution in [0.15, 0.2) is 34.1 Å². The van der Waals surface area contributed by atoms with Crippen molar-refractivity contribution in [2.45, 2.75) is 4.90 Å². The first-order valence-corrected chi connectivity index (χ1v) is 9.44. The maximum absolute atomic E-state index is 12.4. The molecule has 0 radical (unpaired) electrons. The van der Waals surface area contributed by atoms with Gasteiger partial charge in [0.05, 0.1) is 30.4 Å². The number of nitrogens with zero attached hydrogens (tertiary/aromatic N) is 3. The molecule has 3 rings (SSSR count). The zero-order valence-corrected chi connectivity index (χ0v) is 15.8. The molecule has 2 N–H and O–H groups in total. The highest BCUT2D eigenvalue weighted by Gasteiger charge is 2.19. The molecule has 0 bridgehead atoms. The summed E-state index contributed by atoms with van der Waals surface area (Å²) >= 11 is 0. The number of aromatic nitrogens is 4. The van der Waals surface area contributed by atoms with Gasteiger partial charge in [-0.2, -0.15) is 5.10 Å². The molecule has 1 aromatic carbocycles. The van der Waals surface area contributed by atoms with E-state index in [1.807, 2.05) is 0 Å². The van der Waals surface area contributed by atoms with E-state index in [-0.39, 0.29) is 35.2 Å². The van der Waals surface area contributed by atoms with Crippen molar-refractivity contribution in [1.82, 2.24) is 24.5 Å². The van der Waals surface area contributed by atoms with Crippen LogP contribution in [0.2, 0.25) is 0 Å². The number of ether oxygens (including phenoxy) is 2. The van der Waals surface area contributed by atoms with Crippen LogP contribution in [0, 0.1) is 0 Å². The number of sulfonamides is 1. The van der Waals surface area contributed by atoms with Gasteiger partial charge in [0, 0.05) is 26.8 Å². The average Bonchev–Trinajstić information content (AvgIpc) is 3.03. The number of hydrogen-bond acceptors (Lipinski definition) is 7. The van der Waals surface area contributed by atoms with E-state index in [1.54, 1.807) is 7.05 Å². The van der Waals surface area contributed by atoms with Crippen LogP contribution in [0.4, 0.5) is 0 Å². The van der Waals surface area contributed by atoms with Crippen molar-refractivity contribution in [1.29, 1.82) is 0 Å². The highest BCUT2D eigenvalue weighted by molar-refractivity contribution is 7.89. The van der Waals surface area contributed by atoms with Crippen molar-refractivity contribution in [3.63, 3.8) is 0 Å². The number of fused-ring (bicyclic) bond motifs is 1. The Bertz CT molecular complexity index is 1140. The van der Waals surface area contributed by atoms with Crippen LogP contribution in [0.25, 0.3) is 22.4 Å². The molecule has 0 aliphatic rings. The van der Waals surface area contributed by atoms with E-state index in [9.17, 15) is 13.2 Å². The second kappa shape index (κ2) is 7.47. The standard InChI is InChI=1S/C16H19N5O5S/c1-21-15-12(9-17-21)16(22)20-14(19-15)11-5-4-10(8-13(11)26-3)27(23,24)18-6-7-25-2/h4-5,8-9,18H,6-7H2,1-3H3,(H,19,20,22). The summed E-state index contributed by atoms with van der Waals surface area (Å²) in [5.41, 5.74) is 0.519. The number of benzene rings is 1. The summed E-state index contributed by atoms with van der Waals surface area (Å²) in [5.74, 6) is 0.513. The molecule has 2 aromatic heterocycles. The first-order valence-electron chi connectivity index (χ1n) is 7.96. The Labute approximate surface area is 155 Å². The van der Waals surface area contributed by atoms with E-state index >= 15 is 0 Å². The van der Waals surface area contributed by atoms with Gasteiger partial charge in [0.25, 0.3) is 5.56 Å². The Balaban J connectivity index is 2.05. The molecular formula is C16H19N5O5S. The topological polar surface area (TPSA) is 128 Å². The first-order chi connectivity index (χ1) is 12.9. The highest BCUT2D eigenvalue weighted by Crippen LogP contribution is 2.30. The van der Waals surface area contributed by atoms with Crippen LogP contribution in [0.3, 0.4) is 0 Å². The molecule has 3 aromatic rings. The second-order valence-electron chi connectivity index (χ2n) is 5.67. The lowest BCUT2D eigenvalue weighted by atomic mass is 10.2. The van der Waals surface area contributed by atoms with Crippen LogP contribution in [0.1, 0.15) is 0 Å². The molecule has 0 saturated heterocycles. The number of hydrogen-bond donors (Lipinski definition) is 2. The van der Waals surface area contributed by atoms with Crippen molar-refractivity contribution < 1.29 is 17.9 Å². The van der Waals surface area contributed by atoms with E-state index < -0.39 is 10.0 Å². The van der Waals surface area contributed by atoms with Gasteiger partial charge in [0.2, 0.25) is 10.0 Å². The highest BCUT2D eigenvalue weighted by atomic mass is 32.2. The van der Waals surface area contributed by atoms with Crippen LogP contribution >= 0.6 is 0 Å². The quantitative estimate of drug-likeness (QED) is 0.551. The van der Waals surface area contributed by atoms with Gasteiger partial charge in [-0.15, -0.1) is 0 Å². The monoisotopic (exact) mass is 393 g/mol. The van der Waals surface area contributed by atoms with Gasteiger partial charge in [-0.3, -0.25) is 9.48 Å². The van der Waals surface area contributed by atoms with Gasteiger partial charge >= 0.3 is 0 Å². The summed E-state index contributed by atoms with van der Waals surface area (Å²) in [4.78, 5) is 19.4. The predicted molar refractivity (Wildman–Crippen MR) is 98.2 cm³/mol. The molecular weight excluding hydrogens is 374 g/mol. The van der Waals surface area contributed by atoms with E-state index in [4.69, 9.17) is 9.47 Å². The number of nitrogens with one attached hydrogen (secondary N) is 2. The summed E-state index contributed by atoms with van der Waals surface area (Å²) in [6, 6.07) is 4.32. The molecule has 0 saturated carbocycles. The lowest BCUT2D eigenvalue weighted by Gasteiger charge is -2.11. The fourth-order valence-corrected chi connectivity index (χ4v) is 3.58.